The average molecular weight is 196 g/mol. The van der Waals surface area contributed by atoms with Crippen LogP contribution in [0.4, 0.5) is 4.39 Å². The summed E-state index contributed by atoms with van der Waals surface area (Å²) < 4.78 is 23.6. The van der Waals surface area contributed by atoms with Crippen molar-refractivity contribution in [3.63, 3.8) is 0 Å². The molecule has 14 heavy (non-hydrogen) atoms. The molecular weight excluding hydrogens is 183 g/mol. The first-order valence-corrected chi connectivity index (χ1v) is 4.74. The molecule has 1 aromatic carbocycles. The van der Waals surface area contributed by atoms with Crippen LogP contribution in [0.3, 0.4) is 0 Å². The molecule has 76 valence electrons. The number of hydrogen-bond donors (Lipinski definition) is 0. The number of alkyl halides is 1. The van der Waals surface area contributed by atoms with Crippen molar-refractivity contribution >= 4 is 0 Å². The summed E-state index contributed by atoms with van der Waals surface area (Å²) in [5, 5.41) is 0. The average Bonchev–Trinajstić information content (AvgIpc) is 3.03. The maximum Gasteiger partial charge on any atom is 0.148 e. The molecule has 0 aromatic heterocycles. The Hall–Kier alpha value is -0.930. The maximum atomic E-state index is 13.4. The topological polar surface area (TPSA) is 21.8 Å². The lowest BCUT2D eigenvalue weighted by Crippen LogP contribution is -2.07. The van der Waals surface area contributed by atoms with Crippen molar-refractivity contribution in [3.05, 3.63) is 35.9 Å². The van der Waals surface area contributed by atoms with E-state index in [1.54, 1.807) is 12.1 Å². The Kier molecular flexibility index (Phi) is 3.11. The van der Waals surface area contributed by atoms with E-state index < -0.39 is 6.17 Å². The monoisotopic (exact) mass is 196 g/mol. The quantitative estimate of drug-likeness (QED) is 0.673. The Balaban J connectivity index is 1.74. The van der Waals surface area contributed by atoms with E-state index in [4.69, 9.17) is 9.47 Å². The summed E-state index contributed by atoms with van der Waals surface area (Å²) in [5.41, 5.74) is 0.671. The third-order valence-corrected chi connectivity index (χ3v) is 2.13. The summed E-state index contributed by atoms with van der Waals surface area (Å²) in [4.78, 5) is 0. The zero-order valence-electron chi connectivity index (χ0n) is 7.86. The summed E-state index contributed by atoms with van der Waals surface area (Å²) >= 11 is 0. The Morgan fingerprint density at radius 3 is 2.79 bits per heavy atom. The van der Waals surface area contributed by atoms with Crippen LogP contribution in [-0.4, -0.2) is 25.9 Å². The third kappa shape index (κ3) is 2.79. The van der Waals surface area contributed by atoms with Gasteiger partial charge in [0.05, 0.1) is 19.8 Å². The highest BCUT2D eigenvalue weighted by Gasteiger charge is 2.23. The van der Waals surface area contributed by atoms with E-state index in [2.05, 4.69) is 0 Å². The Morgan fingerprint density at radius 1 is 1.43 bits per heavy atom. The highest BCUT2D eigenvalue weighted by molar-refractivity contribution is 5.17. The van der Waals surface area contributed by atoms with Gasteiger partial charge in [0.15, 0.2) is 0 Å². The van der Waals surface area contributed by atoms with E-state index in [9.17, 15) is 4.39 Å². The Bertz CT molecular complexity index is 272. The minimum absolute atomic E-state index is 0.115. The number of hydrogen-bond acceptors (Lipinski definition) is 2. The molecule has 0 radical (unpaired) electrons. The van der Waals surface area contributed by atoms with Crippen LogP contribution in [0.25, 0.3) is 0 Å². The van der Waals surface area contributed by atoms with Crippen LogP contribution >= 0.6 is 0 Å². The van der Waals surface area contributed by atoms with Gasteiger partial charge in [0.25, 0.3) is 0 Å². The molecule has 1 saturated heterocycles. The van der Waals surface area contributed by atoms with Gasteiger partial charge in [0.1, 0.15) is 12.3 Å². The van der Waals surface area contributed by atoms with Crippen LogP contribution in [0.5, 0.6) is 0 Å². The van der Waals surface area contributed by atoms with E-state index in [-0.39, 0.29) is 12.7 Å². The first kappa shape index (κ1) is 9.62. The van der Waals surface area contributed by atoms with Crippen molar-refractivity contribution in [2.24, 2.45) is 0 Å². The fourth-order valence-corrected chi connectivity index (χ4v) is 1.23. The van der Waals surface area contributed by atoms with Crippen molar-refractivity contribution in [1.82, 2.24) is 0 Å². The number of epoxide rings is 1. The van der Waals surface area contributed by atoms with E-state index in [0.717, 1.165) is 6.61 Å². The first-order chi connectivity index (χ1) is 6.86. The second kappa shape index (κ2) is 4.53. The predicted molar refractivity (Wildman–Crippen MR) is 50.9 cm³/mol. The fourth-order valence-electron chi connectivity index (χ4n) is 1.23. The highest BCUT2D eigenvalue weighted by atomic mass is 19.1. The second-order valence-corrected chi connectivity index (χ2v) is 3.37. The Morgan fingerprint density at radius 2 is 2.14 bits per heavy atom. The predicted octanol–water partition coefficient (Wildman–Crippen LogP) is 2.11. The minimum Gasteiger partial charge on any atom is -0.375 e. The van der Waals surface area contributed by atoms with Crippen LogP contribution in [0.2, 0.25) is 0 Å². The lowest BCUT2D eigenvalue weighted by Gasteiger charge is -2.08. The van der Waals surface area contributed by atoms with Crippen molar-refractivity contribution in [1.29, 1.82) is 0 Å². The summed E-state index contributed by atoms with van der Waals surface area (Å²) in [7, 11) is 0. The fraction of sp³-hybridized carbons (Fsp3) is 0.455. The molecule has 1 aliphatic rings. The SMILES string of the molecule is FC(COCC1CO1)c1ccccc1. The summed E-state index contributed by atoms with van der Waals surface area (Å²) in [5.74, 6) is 0. The minimum atomic E-state index is -1.03. The van der Waals surface area contributed by atoms with Gasteiger partial charge in [-0.05, 0) is 5.56 Å². The highest BCUT2D eigenvalue weighted by Crippen LogP contribution is 2.18. The molecule has 0 amide bonds. The molecule has 0 N–H and O–H groups in total. The summed E-state index contributed by atoms with van der Waals surface area (Å²) in [6.45, 7) is 1.37. The van der Waals surface area contributed by atoms with Crippen LogP contribution in [0.15, 0.2) is 30.3 Å². The van der Waals surface area contributed by atoms with Crippen molar-refractivity contribution in [2.75, 3.05) is 19.8 Å². The van der Waals surface area contributed by atoms with Crippen LogP contribution in [-0.2, 0) is 9.47 Å². The van der Waals surface area contributed by atoms with Gasteiger partial charge in [-0.1, -0.05) is 30.3 Å². The molecule has 1 aliphatic heterocycles. The molecule has 1 heterocycles. The molecule has 2 rings (SSSR count). The van der Waals surface area contributed by atoms with Crippen LogP contribution in [0.1, 0.15) is 11.7 Å². The Labute approximate surface area is 82.6 Å². The van der Waals surface area contributed by atoms with Crippen molar-refractivity contribution in [2.45, 2.75) is 12.3 Å². The molecule has 0 bridgehead atoms. The second-order valence-electron chi connectivity index (χ2n) is 3.37. The number of halogens is 1. The smallest absolute Gasteiger partial charge is 0.148 e. The molecule has 2 nitrogen and oxygen atoms in total. The molecule has 1 fully saturated rings. The molecular formula is C11H13FO2. The molecule has 0 spiro atoms. The number of benzene rings is 1. The first-order valence-electron chi connectivity index (χ1n) is 4.74. The number of rotatable bonds is 5. The zero-order valence-corrected chi connectivity index (χ0v) is 7.86. The van der Waals surface area contributed by atoms with Gasteiger partial charge in [0.2, 0.25) is 0 Å². The summed E-state index contributed by atoms with van der Waals surface area (Å²) in [6, 6.07) is 9.05. The lowest BCUT2D eigenvalue weighted by atomic mass is 10.1. The van der Waals surface area contributed by atoms with E-state index in [1.807, 2.05) is 18.2 Å². The van der Waals surface area contributed by atoms with Crippen molar-refractivity contribution < 1.29 is 13.9 Å². The van der Waals surface area contributed by atoms with Gasteiger partial charge < -0.3 is 9.47 Å². The molecule has 2 unspecified atom stereocenters. The van der Waals surface area contributed by atoms with Gasteiger partial charge in [-0.25, -0.2) is 4.39 Å². The van der Waals surface area contributed by atoms with Crippen molar-refractivity contribution in [3.8, 4) is 0 Å². The molecule has 3 heteroatoms. The van der Waals surface area contributed by atoms with Crippen LogP contribution in [0, 0.1) is 0 Å². The summed E-state index contributed by atoms with van der Waals surface area (Å²) in [6.07, 6.45) is -0.826. The van der Waals surface area contributed by atoms with E-state index in [1.165, 1.54) is 0 Å². The zero-order chi connectivity index (χ0) is 9.80. The molecule has 1 aromatic rings. The molecule has 0 aliphatic carbocycles. The van der Waals surface area contributed by atoms with E-state index in [0.29, 0.717) is 12.2 Å². The maximum absolute atomic E-state index is 13.4. The largest absolute Gasteiger partial charge is 0.375 e. The van der Waals surface area contributed by atoms with Gasteiger partial charge in [0, 0.05) is 0 Å². The number of ether oxygens (including phenoxy) is 2. The normalized spacial score (nSPS) is 21.9. The standard InChI is InChI=1S/C11H13FO2/c12-11(8-13-6-10-7-14-10)9-4-2-1-3-5-9/h1-5,10-11H,6-8H2. The van der Waals surface area contributed by atoms with Gasteiger partial charge in [-0.2, -0.15) is 0 Å². The third-order valence-electron chi connectivity index (χ3n) is 2.13. The van der Waals surface area contributed by atoms with Gasteiger partial charge in [-0.15, -0.1) is 0 Å². The molecule has 0 saturated carbocycles. The van der Waals surface area contributed by atoms with E-state index >= 15 is 0 Å². The molecule has 2 atom stereocenters. The van der Waals surface area contributed by atoms with Crippen LogP contribution < -0.4 is 0 Å². The van der Waals surface area contributed by atoms with Gasteiger partial charge >= 0.3 is 0 Å². The lowest BCUT2D eigenvalue weighted by molar-refractivity contribution is 0.0698. The van der Waals surface area contributed by atoms with Gasteiger partial charge in [-0.3, -0.25) is 0 Å².